The Balaban J connectivity index is 1.85. The molecule has 0 bridgehead atoms. The fraction of sp³-hybridized carbons (Fsp3) is 0. The number of ketones is 1. The van der Waals surface area contributed by atoms with Crippen LogP contribution in [-0.2, 0) is 0 Å². The lowest BCUT2D eigenvalue weighted by Crippen LogP contribution is -1.96. The number of halogens is 2. The zero-order valence-corrected chi connectivity index (χ0v) is 16.4. The van der Waals surface area contributed by atoms with Crippen LogP contribution in [0.4, 0.5) is 5.69 Å². The minimum Gasteiger partial charge on any atom is -0.289 e. The molecule has 3 rings (SSSR count). The molecule has 0 radical (unpaired) electrons. The van der Waals surface area contributed by atoms with Crippen molar-refractivity contribution in [2.45, 2.75) is 10.1 Å². The fourth-order valence-electron chi connectivity index (χ4n) is 2.25. The first-order chi connectivity index (χ1) is 13.4. The molecule has 28 heavy (non-hydrogen) atoms. The number of nitro benzene ring substituents is 1. The first kappa shape index (κ1) is 20.0. The van der Waals surface area contributed by atoms with Crippen LogP contribution in [0.5, 0.6) is 0 Å². The van der Waals surface area contributed by atoms with E-state index in [1.807, 2.05) is 0 Å². The normalized spacial score (nSPS) is 10.9. The highest BCUT2D eigenvalue weighted by Crippen LogP contribution is 2.33. The second kappa shape index (κ2) is 8.97. The van der Waals surface area contributed by atoms with Gasteiger partial charge in [0.25, 0.3) is 5.69 Å². The van der Waals surface area contributed by atoms with E-state index in [9.17, 15) is 14.9 Å². The van der Waals surface area contributed by atoms with Gasteiger partial charge in [0.15, 0.2) is 10.9 Å². The van der Waals surface area contributed by atoms with Gasteiger partial charge in [-0.05, 0) is 53.7 Å². The maximum absolute atomic E-state index is 12.3. The summed E-state index contributed by atoms with van der Waals surface area (Å²) in [5.74, 6) is -0.355. The maximum atomic E-state index is 12.3. The lowest BCUT2D eigenvalue weighted by Gasteiger charge is -2.03. The van der Waals surface area contributed by atoms with E-state index < -0.39 is 4.92 Å². The predicted molar refractivity (Wildman–Crippen MR) is 109 cm³/mol. The van der Waals surface area contributed by atoms with Gasteiger partial charge in [-0.2, -0.15) is 0 Å². The Hall–Kier alpha value is -2.74. The predicted octanol–water partition coefficient (Wildman–Crippen LogP) is 5.74. The van der Waals surface area contributed by atoms with Gasteiger partial charge in [-0.15, -0.1) is 0 Å². The van der Waals surface area contributed by atoms with Crippen molar-refractivity contribution in [3.63, 3.8) is 0 Å². The van der Waals surface area contributed by atoms with E-state index in [4.69, 9.17) is 23.2 Å². The van der Waals surface area contributed by atoms with Crippen LogP contribution in [0.2, 0.25) is 10.0 Å². The molecule has 0 spiro atoms. The summed E-state index contributed by atoms with van der Waals surface area (Å²) < 4.78 is 0. The third kappa shape index (κ3) is 4.95. The van der Waals surface area contributed by atoms with Crippen molar-refractivity contribution in [2.75, 3.05) is 0 Å². The Morgan fingerprint density at radius 2 is 1.86 bits per heavy atom. The molecular formula is C19H11Cl2N3O3S. The molecule has 0 saturated heterocycles. The van der Waals surface area contributed by atoms with E-state index in [1.165, 1.54) is 30.4 Å². The van der Waals surface area contributed by atoms with Crippen LogP contribution in [0.1, 0.15) is 15.9 Å². The quantitative estimate of drug-likeness (QED) is 0.162. The first-order valence-electron chi connectivity index (χ1n) is 7.85. The summed E-state index contributed by atoms with van der Waals surface area (Å²) in [7, 11) is 0. The fourth-order valence-corrected chi connectivity index (χ4v) is 3.43. The number of aromatic nitrogens is 2. The van der Waals surface area contributed by atoms with Gasteiger partial charge in [-0.3, -0.25) is 14.9 Å². The molecule has 0 aliphatic rings. The lowest BCUT2D eigenvalue weighted by molar-refractivity contribution is -0.387. The van der Waals surface area contributed by atoms with Crippen LogP contribution in [0.15, 0.2) is 71.0 Å². The number of hydrogen-bond donors (Lipinski definition) is 0. The molecule has 140 valence electrons. The van der Waals surface area contributed by atoms with Crippen molar-refractivity contribution in [3.8, 4) is 0 Å². The number of carbonyl (C=O) groups is 1. The third-order valence-corrected chi connectivity index (χ3v) is 5.07. The molecule has 0 aliphatic heterocycles. The van der Waals surface area contributed by atoms with Gasteiger partial charge in [0, 0.05) is 29.0 Å². The monoisotopic (exact) mass is 431 g/mol. The van der Waals surface area contributed by atoms with E-state index in [2.05, 4.69) is 9.97 Å². The number of allylic oxidation sites excluding steroid dienone is 1. The minimum absolute atomic E-state index is 0.104. The maximum Gasteiger partial charge on any atom is 0.283 e. The number of benzene rings is 2. The van der Waals surface area contributed by atoms with E-state index in [-0.39, 0.29) is 22.1 Å². The summed E-state index contributed by atoms with van der Waals surface area (Å²) in [6.07, 6.45) is 5.90. The highest BCUT2D eigenvalue weighted by Gasteiger charge is 2.16. The topological polar surface area (TPSA) is 86.0 Å². The van der Waals surface area contributed by atoms with Crippen molar-refractivity contribution in [1.82, 2.24) is 9.97 Å². The van der Waals surface area contributed by atoms with E-state index in [1.54, 1.807) is 36.7 Å². The Morgan fingerprint density at radius 3 is 2.57 bits per heavy atom. The van der Waals surface area contributed by atoms with Gasteiger partial charge >= 0.3 is 0 Å². The zero-order chi connectivity index (χ0) is 20.1. The molecule has 0 amide bonds. The Morgan fingerprint density at radius 1 is 1.11 bits per heavy atom. The van der Waals surface area contributed by atoms with Gasteiger partial charge in [0.2, 0.25) is 0 Å². The van der Waals surface area contributed by atoms with Crippen molar-refractivity contribution < 1.29 is 9.72 Å². The third-order valence-electron chi connectivity index (χ3n) is 3.54. The van der Waals surface area contributed by atoms with Crippen LogP contribution in [0, 0.1) is 10.1 Å². The van der Waals surface area contributed by atoms with Gasteiger partial charge in [0.05, 0.1) is 14.8 Å². The second-order valence-corrected chi connectivity index (χ2v) is 7.29. The van der Waals surface area contributed by atoms with Gasteiger partial charge < -0.3 is 0 Å². The largest absolute Gasteiger partial charge is 0.289 e. The summed E-state index contributed by atoms with van der Waals surface area (Å²) in [5.41, 5.74) is 0.651. The summed E-state index contributed by atoms with van der Waals surface area (Å²) in [6, 6.07) is 10.9. The summed E-state index contributed by atoms with van der Waals surface area (Å²) in [4.78, 5) is 31.8. The number of nitrogens with zero attached hydrogens (tertiary/aromatic N) is 3. The SMILES string of the molecule is O=C(/C=C/c1ccc(Sc2ncccn2)c([N+](=O)[O-])c1)c1cc(Cl)ccc1Cl. The van der Waals surface area contributed by atoms with E-state index in [0.717, 1.165) is 11.8 Å². The molecule has 2 aromatic carbocycles. The molecule has 9 heteroatoms. The molecule has 0 unspecified atom stereocenters. The minimum atomic E-state index is -0.488. The summed E-state index contributed by atoms with van der Waals surface area (Å²) in [6.45, 7) is 0. The van der Waals surface area contributed by atoms with Crippen molar-refractivity contribution in [2.24, 2.45) is 0 Å². The van der Waals surface area contributed by atoms with Crippen molar-refractivity contribution >= 4 is 52.5 Å². The molecule has 0 aliphatic carbocycles. The molecule has 1 aromatic heterocycles. The average molecular weight is 432 g/mol. The first-order valence-corrected chi connectivity index (χ1v) is 9.42. The number of hydrogen-bond acceptors (Lipinski definition) is 6. The van der Waals surface area contributed by atoms with E-state index >= 15 is 0 Å². The summed E-state index contributed by atoms with van der Waals surface area (Å²) >= 11 is 13.0. The van der Waals surface area contributed by atoms with Gasteiger partial charge in [0.1, 0.15) is 0 Å². The molecule has 0 N–H and O–H groups in total. The summed E-state index contributed by atoms with van der Waals surface area (Å²) in [5, 5.41) is 12.5. The molecule has 1 heterocycles. The molecular weight excluding hydrogens is 421 g/mol. The molecule has 0 fully saturated rings. The van der Waals surface area contributed by atoms with Crippen molar-refractivity contribution in [3.05, 3.63) is 92.2 Å². The van der Waals surface area contributed by atoms with Crippen molar-refractivity contribution in [1.29, 1.82) is 0 Å². The standard InChI is InChI=1S/C19H11Cl2N3O3S/c20-13-4-5-15(21)14(11-13)17(25)6-2-12-3-7-18(16(10-12)24(26)27)28-19-22-8-1-9-23-19/h1-11H/b6-2+. The van der Waals surface area contributed by atoms with Crippen LogP contribution >= 0.6 is 35.0 Å². The van der Waals surface area contributed by atoms with Gasteiger partial charge in [-0.1, -0.05) is 35.3 Å². The molecule has 0 atom stereocenters. The van der Waals surface area contributed by atoms with Crippen LogP contribution in [0.25, 0.3) is 6.08 Å². The van der Waals surface area contributed by atoms with Crippen LogP contribution in [-0.4, -0.2) is 20.7 Å². The lowest BCUT2D eigenvalue weighted by atomic mass is 10.1. The van der Waals surface area contributed by atoms with Crippen LogP contribution < -0.4 is 0 Å². The van der Waals surface area contributed by atoms with E-state index in [0.29, 0.717) is 20.6 Å². The Kier molecular flexibility index (Phi) is 6.41. The Bertz CT molecular complexity index is 1080. The van der Waals surface area contributed by atoms with Gasteiger partial charge in [-0.25, -0.2) is 9.97 Å². The number of carbonyl (C=O) groups excluding carboxylic acids is 1. The average Bonchev–Trinajstić information content (AvgIpc) is 2.69. The zero-order valence-electron chi connectivity index (χ0n) is 14.1. The Labute approximate surface area is 174 Å². The van der Waals surface area contributed by atoms with Crippen LogP contribution in [0.3, 0.4) is 0 Å². The number of nitro groups is 1. The second-order valence-electron chi connectivity index (χ2n) is 5.44. The highest BCUT2D eigenvalue weighted by atomic mass is 35.5. The molecule has 6 nitrogen and oxygen atoms in total. The smallest absolute Gasteiger partial charge is 0.283 e. The molecule has 3 aromatic rings. The highest BCUT2D eigenvalue weighted by molar-refractivity contribution is 7.99. The number of rotatable bonds is 6. The molecule has 0 saturated carbocycles.